The molecule has 2 aliphatic rings. The Morgan fingerprint density at radius 1 is 1.37 bits per heavy atom. The Morgan fingerprint density at radius 2 is 2.07 bits per heavy atom. The van der Waals surface area contributed by atoms with E-state index in [1.807, 2.05) is 0 Å². The number of aliphatic carboxylic acids is 1. The highest BCUT2D eigenvalue weighted by Gasteiger charge is 2.54. The molecular formula is C17H19Cl2F3N2O3. The van der Waals surface area contributed by atoms with E-state index in [4.69, 9.17) is 11.6 Å². The van der Waals surface area contributed by atoms with E-state index in [2.05, 4.69) is 5.32 Å². The topological polar surface area (TPSA) is 69.6 Å². The minimum absolute atomic E-state index is 0. The maximum Gasteiger partial charge on any atom is 0.416 e. The molecule has 2 fully saturated rings. The van der Waals surface area contributed by atoms with Crippen molar-refractivity contribution >= 4 is 41.6 Å². The molecule has 1 aliphatic heterocycles. The zero-order valence-electron chi connectivity index (χ0n) is 14.2. The fourth-order valence-electron chi connectivity index (χ4n) is 4.05. The molecule has 1 aliphatic carbocycles. The summed E-state index contributed by atoms with van der Waals surface area (Å²) in [6.07, 6.45) is -2.28. The molecule has 0 spiro atoms. The van der Waals surface area contributed by atoms with E-state index in [1.165, 1.54) is 0 Å². The normalized spacial score (nSPS) is 25.0. The molecule has 5 nitrogen and oxygen atoms in total. The lowest BCUT2D eigenvalue weighted by molar-refractivity contribution is -0.149. The Labute approximate surface area is 165 Å². The number of benzene rings is 1. The van der Waals surface area contributed by atoms with Crippen molar-refractivity contribution in [1.29, 1.82) is 0 Å². The van der Waals surface area contributed by atoms with Gasteiger partial charge in [-0.2, -0.15) is 13.2 Å². The number of nitrogens with one attached hydrogen (secondary N) is 1. The van der Waals surface area contributed by atoms with Gasteiger partial charge in [-0.05, 0) is 37.0 Å². The number of carboxylic acid groups (broad SMARTS) is 1. The number of hydrogen-bond donors (Lipinski definition) is 2. The van der Waals surface area contributed by atoms with Crippen LogP contribution in [-0.4, -0.2) is 41.5 Å². The summed E-state index contributed by atoms with van der Waals surface area (Å²) >= 11 is 5.88. The molecule has 0 unspecified atom stereocenters. The van der Waals surface area contributed by atoms with E-state index >= 15 is 0 Å². The number of anilines is 1. The summed E-state index contributed by atoms with van der Waals surface area (Å²) < 4.78 is 38.4. The Kier molecular flexibility index (Phi) is 6.33. The molecular weight excluding hydrogens is 408 g/mol. The number of carbonyl (C=O) groups excluding carboxylic acids is 1. The van der Waals surface area contributed by atoms with Gasteiger partial charge in [-0.3, -0.25) is 14.5 Å². The second kappa shape index (κ2) is 7.85. The van der Waals surface area contributed by atoms with Crippen LogP contribution in [0.1, 0.15) is 24.8 Å². The average Bonchev–Trinajstić information content (AvgIpc) is 3.06. The largest absolute Gasteiger partial charge is 0.481 e. The van der Waals surface area contributed by atoms with Crippen LogP contribution in [0.4, 0.5) is 18.9 Å². The summed E-state index contributed by atoms with van der Waals surface area (Å²) in [5.41, 5.74) is -1.83. The molecule has 10 heteroatoms. The number of alkyl halides is 3. The number of carbonyl (C=O) groups is 2. The number of likely N-dealkylation sites (tertiary alicyclic amines) is 1. The Morgan fingerprint density at radius 3 is 2.67 bits per heavy atom. The molecule has 1 saturated carbocycles. The first-order valence-electron chi connectivity index (χ1n) is 8.24. The smallest absolute Gasteiger partial charge is 0.416 e. The predicted octanol–water partition coefficient (Wildman–Crippen LogP) is 3.91. The third-order valence-corrected chi connectivity index (χ3v) is 5.63. The summed E-state index contributed by atoms with van der Waals surface area (Å²) in [5.74, 6) is -1.36. The molecule has 1 saturated heterocycles. The average molecular weight is 427 g/mol. The second-order valence-electron chi connectivity index (χ2n) is 6.96. The van der Waals surface area contributed by atoms with Gasteiger partial charge in [0.1, 0.15) is 0 Å². The number of rotatable bonds is 4. The van der Waals surface area contributed by atoms with Crippen LogP contribution < -0.4 is 5.32 Å². The lowest BCUT2D eigenvalue weighted by Crippen LogP contribution is -2.37. The number of hydrogen-bond acceptors (Lipinski definition) is 3. The van der Waals surface area contributed by atoms with Gasteiger partial charge in [0.05, 0.1) is 28.2 Å². The summed E-state index contributed by atoms with van der Waals surface area (Å²) in [7, 11) is 0. The third-order valence-electron chi connectivity index (χ3n) is 5.30. The van der Waals surface area contributed by atoms with Gasteiger partial charge in [0.15, 0.2) is 0 Å². The number of halogens is 5. The highest BCUT2D eigenvalue weighted by Crippen LogP contribution is 2.48. The molecule has 1 aromatic carbocycles. The number of fused-ring (bicyclic) bond motifs is 1. The van der Waals surface area contributed by atoms with Crippen molar-refractivity contribution in [3.05, 3.63) is 28.8 Å². The van der Waals surface area contributed by atoms with Crippen molar-refractivity contribution in [2.45, 2.75) is 25.4 Å². The summed E-state index contributed by atoms with van der Waals surface area (Å²) in [6, 6.07) is 2.72. The maximum absolute atomic E-state index is 12.8. The first-order valence-corrected chi connectivity index (χ1v) is 8.62. The van der Waals surface area contributed by atoms with Gasteiger partial charge in [0, 0.05) is 13.1 Å². The molecule has 0 bridgehead atoms. The van der Waals surface area contributed by atoms with Gasteiger partial charge in [-0.1, -0.05) is 18.0 Å². The summed E-state index contributed by atoms with van der Waals surface area (Å²) in [5, 5.41) is 12.0. The molecule has 1 heterocycles. The van der Waals surface area contributed by atoms with Crippen molar-refractivity contribution in [1.82, 2.24) is 4.90 Å². The third kappa shape index (κ3) is 4.33. The number of amides is 1. The van der Waals surface area contributed by atoms with Crippen LogP contribution in [0.5, 0.6) is 0 Å². The van der Waals surface area contributed by atoms with Crippen LogP contribution in [0.2, 0.25) is 5.02 Å². The number of carboxylic acids is 1. The maximum atomic E-state index is 12.8. The van der Waals surface area contributed by atoms with Crippen molar-refractivity contribution in [3.8, 4) is 0 Å². The Hall–Kier alpha value is -1.51. The Balaban J connectivity index is 0.00000261. The lowest BCUT2D eigenvalue weighted by atomic mass is 9.81. The van der Waals surface area contributed by atoms with Crippen LogP contribution in [0.25, 0.3) is 0 Å². The Bertz CT molecular complexity index is 745. The molecule has 150 valence electrons. The molecule has 1 amide bonds. The highest BCUT2D eigenvalue weighted by molar-refractivity contribution is 6.33. The molecule has 0 radical (unpaired) electrons. The van der Waals surface area contributed by atoms with Crippen LogP contribution in [-0.2, 0) is 15.8 Å². The van der Waals surface area contributed by atoms with Crippen LogP contribution in [0, 0.1) is 11.3 Å². The van der Waals surface area contributed by atoms with Crippen molar-refractivity contribution in [2.75, 3.05) is 25.0 Å². The molecule has 2 N–H and O–H groups in total. The van der Waals surface area contributed by atoms with E-state index < -0.39 is 29.0 Å². The fraction of sp³-hybridized carbons (Fsp3) is 0.529. The monoisotopic (exact) mass is 426 g/mol. The van der Waals surface area contributed by atoms with Crippen LogP contribution >= 0.6 is 24.0 Å². The zero-order valence-corrected chi connectivity index (χ0v) is 15.8. The van der Waals surface area contributed by atoms with Crippen molar-refractivity contribution in [2.24, 2.45) is 11.3 Å². The molecule has 0 aromatic heterocycles. The van der Waals surface area contributed by atoms with Gasteiger partial charge in [-0.15, -0.1) is 12.4 Å². The lowest BCUT2D eigenvalue weighted by Gasteiger charge is -2.23. The van der Waals surface area contributed by atoms with E-state index in [0.717, 1.165) is 31.0 Å². The first-order chi connectivity index (χ1) is 12.1. The minimum atomic E-state index is -4.54. The molecule has 2 atom stereocenters. The van der Waals surface area contributed by atoms with Crippen molar-refractivity contribution < 1.29 is 27.9 Å². The number of nitrogens with zero attached hydrogens (tertiary/aromatic N) is 1. The molecule has 3 rings (SSSR count). The summed E-state index contributed by atoms with van der Waals surface area (Å²) in [4.78, 5) is 25.6. The standard InChI is InChI=1S/C17H18ClF3N2O3.ClH/c18-12-4-3-10(17(19,20)21)6-13(12)22-14(24)8-23-7-11-2-1-5-16(11,9-23)15(25)26;/h3-4,6,11H,1-2,5,7-9H2,(H,22,24)(H,25,26);1H/t11-,16+;/m0./s1. The SMILES string of the molecule is Cl.O=C(CN1C[C@@H]2CCC[C@@]2(C(=O)O)C1)Nc1cc(C(F)(F)F)ccc1Cl. The van der Waals surface area contributed by atoms with Gasteiger partial charge in [-0.25, -0.2) is 0 Å². The van der Waals surface area contributed by atoms with E-state index in [0.29, 0.717) is 13.0 Å². The van der Waals surface area contributed by atoms with Crippen molar-refractivity contribution in [3.63, 3.8) is 0 Å². The fourth-order valence-corrected chi connectivity index (χ4v) is 4.22. The first kappa shape index (κ1) is 21.8. The highest BCUT2D eigenvalue weighted by atomic mass is 35.5. The zero-order chi connectivity index (χ0) is 19.1. The summed E-state index contributed by atoms with van der Waals surface area (Å²) in [6.45, 7) is 0.685. The quantitative estimate of drug-likeness (QED) is 0.765. The van der Waals surface area contributed by atoms with E-state index in [9.17, 15) is 27.9 Å². The van der Waals surface area contributed by atoms with Gasteiger partial charge >= 0.3 is 12.1 Å². The van der Waals surface area contributed by atoms with Gasteiger partial charge < -0.3 is 10.4 Å². The van der Waals surface area contributed by atoms with Gasteiger partial charge in [0.25, 0.3) is 0 Å². The molecule has 1 aromatic rings. The van der Waals surface area contributed by atoms with Crippen LogP contribution in [0.3, 0.4) is 0 Å². The van der Waals surface area contributed by atoms with Gasteiger partial charge in [0.2, 0.25) is 5.91 Å². The van der Waals surface area contributed by atoms with E-state index in [1.54, 1.807) is 4.90 Å². The molecule has 27 heavy (non-hydrogen) atoms. The van der Waals surface area contributed by atoms with Crippen LogP contribution in [0.15, 0.2) is 18.2 Å². The predicted molar refractivity (Wildman–Crippen MR) is 96.2 cm³/mol. The van der Waals surface area contributed by atoms with E-state index in [-0.39, 0.29) is 42.1 Å². The second-order valence-corrected chi connectivity index (χ2v) is 7.37. The minimum Gasteiger partial charge on any atom is -0.481 e.